The third-order valence-electron chi connectivity index (χ3n) is 5.65. The van der Waals surface area contributed by atoms with Crippen LogP contribution in [0.4, 0.5) is 4.39 Å². The first kappa shape index (κ1) is 21.7. The van der Waals surface area contributed by atoms with Gasteiger partial charge < -0.3 is 14.4 Å². The summed E-state index contributed by atoms with van der Waals surface area (Å²) in [7, 11) is 1.36. The van der Waals surface area contributed by atoms with Gasteiger partial charge in [0.1, 0.15) is 5.69 Å². The number of aromatic nitrogens is 6. The van der Waals surface area contributed by atoms with Gasteiger partial charge in [0.25, 0.3) is 5.91 Å². The number of amides is 1. The van der Waals surface area contributed by atoms with E-state index in [-0.39, 0.29) is 28.9 Å². The maximum atomic E-state index is 14.5. The Balaban J connectivity index is 1.46. The molecule has 34 heavy (non-hydrogen) atoms. The molecule has 11 heteroatoms. The highest BCUT2D eigenvalue weighted by Crippen LogP contribution is 2.27. The summed E-state index contributed by atoms with van der Waals surface area (Å²) in [6, 6.07) is 10.2. The molecule has 1 amide bonds. The zero-order chi connectivity index (χ0) is 23.5. The summed E-state index contributed by atoms with van der Waals surface area (Å²) in [5.74, 6) is -0.902. The zero-order valence-electron chi connectivity index (χ0n) is 18.4. The van der Waals surface area contributed by atoms with Gasteiger partial charge in [0.2, 0.25) is 0 Å². The van der Waals surface area contributed by atoms with Crippen molar-refractivity contribution in [3.05, 3.63) is 78.1 Å². The lowest BCUT2D eigenvalue weighted by Crippen LogP contribution is -2.50. The Morgan fingerprint density at radius 1 is 1.09 bits per heavy atom. The minimum absolute atomic E-state index is 0.0245. The summed E-state index contributed by atoms with van der Waals surface area (Å²) in [4.78, 5) is 18.3. The molecule has 1 fully saturated rings. The van der Waals surface area contributed by atoms with Crippen LogP contribution in [0.25, 0.3) is 11.4 Å². The van der Waals surface area contributed by atoms with Crippen molar-refractivity contribution in [2.24, 2.45) is 0 Å². The predicted molar refractivity (Wildman–Crippen MR) is 119 cm³/mol. The molecule has 2 aromatic heterocycles. The van der Waals surface area contributed by atoms with E-state index in [9.17, 15) is 9.18 Å². The number of nitrogens with zero attached hydrogens (tertiary/aromatic N) is 7. The van der Waals surface area contributed by atoms with Crippen LogP contribution < -0.4 is 4.74 Å². The molecule has 2 aromatic carbocycles. The maximum absolute atomic E-state index is 14.5. The van der Waals surface area contributed by atoms with Crippen LogP contribution in [-0.4, -0.2) is 73.7 Å². The molecule has 1 saturated heterocycles. The standard InChI is InChI=1S/C23H22FN7O3/c1-33-22-13-19(21(14-20(22)24)31-27-7-8-28-31)23(32)29-9-10-34-15-18(29)12-16-3-2-4-17(11-16)30-25-5-6-26-30/h2-8,11,13-14,18H,9-10,12,15H2,1H3. The van der Waals surface area contributed by atoms with E-state index in [0.29, 0.717) is 26.2 Å². The molecular weight excluding hydrogens is 441 g/mol. The zero-order valence-corrected chi connectivity index (χ0v) is 18.4. The van der Waals surface area contributed by atoms with Crippen molar-refractivity contribution in [3.63, 3.8) is 0 Å². The normalized spacial score (nSPS) is 15.9. The molecule has 0 aliphatic carbocycles. The van der Waals surface area contributed by atoms with Gasteiger partial charge in [0.15, 0.2) is 11.6 Å². The van der Waals surface area contributed by atoms with E-state index in [1.54, 1.807) is 17.3 Å². The van der Waals surface area contributed by atoms with Crippen molar-refractivity contribution in [2.75, 3.05) is 26.9 Å². The number of carbonyl (C=O) groups excluding carboxylic acids is 1. The van der Waals surface area contributed by atoms with Crippen molar-refractivity contribution in [1.29, 1.82) is 0 Å². The quantitative estimate of drug-likeness (QED) is 0.432. The number of halogens is 1. The molecule has 4 aromatic rings. The fourth-order valence-corrected chi connectivity index (χ4v) is 4.05. The van der Waals surface area contributed by atoms with Crippen molar-refractivity contribution < 1.29 is 18.7 Å². The SMILES string of the molecule is COc1cc(C(=O)N2CCOCC2Cc2cccc(-n3nccn3)c2)c(-n2nccn2)cc1F. The molecule has 5 rings (SSSR count). The molecule has 0 saturated carbocycles. The topological polar surface area (TPSA) is 100 Å². The molecule has 1 unspecified atom stereocenters. The van der Waals surface area contributed by atoms with Crippen molar-refractivity contribution in [2.45, 2.75) is 12.5 Å². The second kappa shape index (κ2) is 9.40. The number of benzene rings is 2. The Hall–Kier alpha value is -4.12. The Morgan fingerprint density at radius 3 is 2.56 bits per heavy atom. The number of ether oxygens (including phenoxy) is 2. The first-order chi connectivity index (χ1) is 16.6. The van der Waals surface area contributed by atoms with Gasteiger partial charge in [-0.3, -0.25) is 4.79 Å². The lowest BCUT2D eigenvalue weighted by atomic mass is 10.0. The third kappa shape index (κ3) is 4.25. The largest absolute Gasteiger partial charge is 0.494 e. The minimum atomic E-state index is -0.603. The molecule has 0 radical (unpaired) electrons. The number of hydrogen-bond acceptors (Lipinski definition) is 7. The summed E-state index contributed by atoms with van der Waals surface area (Å²) in [6.45, 7) is 1.19. The van der Waals surface area contributed by atoms with Crippen LogP contribution in [0.15, 0.2) is 61.2 Å². The Kier molecular flexibility index (Phi) is 6.00. The van der Waals surface area contributed by atoms with Gasteiger partial charge in [0.05, 0.1) is 62.4 Å². The highest BCUT2D eigenvalue weighted by molar-refractivity contribution is 5.98. The van der Waals surface area contributed by atoms with E-state index in [1.165, 1.54) is 41.2 Å². The molecule has 1 atom stereocenters. The molecule has 0 N–H and O–H groups in total. The van der Waals surface area contributed by atoms with Gasteiger partial charge in [0, 0.05) is 12.6 Å². The Labute approximate surface area is 194 Å². The number of methoxy groups -OCH3 is 1. The van der Waals surface area contributed by atoms with E-state index in [0.717, 1.165) is 11.3 Å². The summed E-state index contributed by atoms with van der Waals surface area (Å²) in [6.07, 6.45) is 6.73. The number of hydrogen-bond donors (Lipinski definition) is 0. The molecular formula is C23H22FN7O3. The van der Waals surface area contributed by atoms with Gasteiger partial charge in [-0.2, -0.15) is 30.0 Å². The summed E-state index contributed by atoms with van der Waals surface area (Å²) in [5.41, 5.74) is 2.32. The predicted octanol–water partition coefficient (Wildman–Crippen LogP) is 2.08. The molecule has 174 valence electrons. The molecule has 0 spiro atoms. The van der Waals surface area contributed by atoms with E-state index in [1.807, 2.05) is 24.3 Å². The van der Waals surface area contributed by atoms with Crippen LogP contribution in [0.3, 0.4) is 0 Å². The van der Waals surface area contributed by atoms with Crippen molar-refractivity contribution in [3.8, 4) is 17.1 Å². The van der Waals surface area contributed by atoms with Gasteiger partial charge in [-0.25, -0.2) is 4.39 Å². The van der Waals surface area contributed by atoms with Crippen LogP contribution in [0, 0.1) is 5.82 Å². The lowest BCUT2D eigenvalue weighted by Gasteiger charge is -2.36. The maximum Gasteiger partial charge on any atom is 0.256 e. The van der Waals surface area contributed by atoms with Crippen LogP contribution in [0.1, 0.15) is 15.9 Å². The lowest BCUT2D eigenvalue weighted by molar-refractivity contribution is -0.00167. The van der Waals surface area contributed by atoms with Crippen LogP contribution in [0.2, 0.25) is 0 Å². The third-order valence-corrected chi connectivity index (χ3v) is 5.65. The van der Waals surface area contributed by atoms with E-state index in [2.05, 4.69) is 20.4 Å². The number of rotatable bonds is 6. The van der Waals surface area contributed by atoms with Gasteiger partial charge >= 0.3 is 0 Å². The van der Waals surface area contributed by atoms with Gasteiger partial charge in [-0.1, -0.05) is 12.1 Å². The van der Waals surface area contributed by atoms with Gasteiger partial charge in [-0.05, 0) is 30.2 Å². The van der Waals surface area contributed by atoms with Gasteiger partial charge in [-0.15, -0.1) is 0 Å². The minimum Gasteiger partial charge on any atom is -0.494 e. The van der Waals surface area contributed by atoms with Crippen LogP contribution in [-0.2, 0) is 11.2 Å². The summed E-state index contributed by atoms with van der Waals surface area (Å²) >= 11 is 0. The van der Waals surface area contributed by atoms with Crippen LogP contribution in [0.5, 0.6) is 5.75 Å². The second-order valence-corrected chi connectivity index (χ2v) is 7.74. The Morgan fingerprint density at radius 2 is 1.82 bits per heavy atom. The average Bonchev–Trinajstić information content (AvgIpc) is 3.59. The van der Waals surface area contributed by atoms with E-state index >= 15 is 0 Å². The summed E-state index contributed by atoms with van der Waals surface area (Å²) < 4.78 is 25.3. The fourth-order valence-electron chi connectivity index (χ4n) is 4.05. The van der Waals surface area contributed by atoms with E-state index < -0.39 is 5.82 Å². The second-order valence-electron chi connectivity index (χ2n) is 7.74. The van der Waals surface area contributed by atoms with Crippen molar-refractivity contribution in [1.82, 2.24) is 34.9 Å². The monoisotopic (exact) mass is 463 g/mol. The number of morpholine rings is 1. The molecule has 0 bridgehead atoms. The summed E-state index contributed by atoms with van der Waals surface area (Å²) in [5, 5.41) is 16.5. The smallest absolute Gasteiger partial charge is 0.256 e. The molecule has 3 heterocycles. The molecule has 1 aliphatic heterocycles. The first-order valence-electron chi connectivity index (χ1n) is 10.7. The highest BCUT2D eigenvalue weighted by Gasteiger charge is 2.31. The molecule has 1 aliphatic rings. The fraction of sp³-hybridized carbons (Fsp3) is 0.261. The first-order valence-corrected chi connectivity index (χ1v) is 10.7. The molecule has 10 nitrogen and oxygen atoms in total. The number of carbonyl (C=O) groups is 1. The Bertz CT molecular complexity index is 1280. The van der Waals surface area contributed by atoms with Crippen LogP contribution >= 0.6 is 0 Å². The van der Waals surface area contributed by atoms with Crippen molar-refractivity contribution >= 4 is 5.91 Å². The average molecular weight is 463 g/mol. The van der Waals surface area contributed by atoms with E-state index in [4.69, 9.17) is 9.47 Å². The highest BCUT2D eigenvalue weighted by atomic mass is 19.1.